The van der Waals surface area contributed by atoms with Gasteiger partial charge in [0.1, 0.15) is 0 Å². The summed E-state index contributed by atoms with van der Waals surface area (Å²) in [5.74, 6) is 0. The van der Waals surface area contributed by atoms with E-state index < -0.39 is 11.5 Å². The van der Waals surface area contributed by atoms with E-state index in [1.807, 2.05) is 18.2 Å². The van der Waals surface area contributed by atoms with Crippen molar-refractivity contribution in [1.82, 2.24) is 15.2 Å². The number of carboxylic acid groups (broad SMARTS) is 1. The lowest BCUT2D eigenvalue weighted by Gasteiger charge is -2.38. The van der Waals surface area contributed by atoms with Crippen molar-refractivity contribution in [2.75, 3.05) is 13.1 Å². The minimum Gasteiger partial charge on any atom is -0.465 e. The van der Waals surface area contributed by atoms with Crippen LogP contribution >= 0.6 is 0 Å². The molecule has 6 nitrogen and oxygen atoms in total. The Bertz CT molecular complexity index is 590. The summed E-state index contributed by atoms with van der Waals surface area (Å²) in [4.78, 5) is 17.5. The average Bonchev–Trinajstić information content (AvgIpc) is 3.03. The van der Waals surface area contributed by atoms with Gasteiger partial charge in [0.05, 0.1) is 17.2 Å². The van der Waals surface area contributed by atoms with E-state index in [1.165, 1.54) is 0 Å². The maximum Gasteiger partial charge on any atom is 0.404 e. The van der Waals surface area contributed by atoms with E-state index in [2.05, 4.69) is 21.3 Å². The fourth-order valence-electron chi connectivity index (χ4n) is 3.94. The Kier molecular flexibility index (Phi) is 4.49. The van der Waals surface area contributed by atoms with E-state index in [9.17, 15) is 10.1 Å². The normalized spacial score (nSPS) is 31.4. The van der Waals surface area contributed by atoms with Gasteiger partial charge in [-0.3, -0.25) is 9.88 Å². The zero-order valence-electron chi connectivity index (χ0n) is 13.1. The molecular weight excluding hydrogens is 292 g/mol. The zero-order chi connectivity index (χ0) is 16.3. The SMILES string of the molecule is N#CC1(c2ccccn2)CCC(N2CC[C@H](NC(=O)O)C2)CC1. The lowest BCUT2D eigenvalue weighted by Crippen LogP contribution is -2.43. The summed E-state index contributed by atoms with van der Waals surface area (Å²) in [6.45, 7) is 1.71. The molecule has 1 amide bonds. The number of nitriles is 1. The first kappa shape index (κ1) is 15.8. The fourth-order valence-corrected chi connectivity index (χ4v) is 3.94. The molecular formula is C17H22N4O2. The number of aromatic nitrogens is 1. The van der Waals surface area contributed by atoms with E-state index >= 15 is 0 Å². The summed E-state index contributed by atoms with van der Waals surface area (Å²) >= 11 is 0. The van der Waals surface area contributed by atoms with Crippen molar-refractivity contribution in [2.45, 2.75) is 49.6 Å². The summed E-state index contributed by atoms with van der Waals surface area (Å²) in [6, 6.07) is 8.75. The van der Waals surface area contributed by atoms with Crippen LogP contribution in [-0.4, -0.2) is 46.3 Å². The molecule has 2 heterocycles. The quantitative estimate of drug-likeness (QED) is 0.892. The third-order valence-corrected chi connectivity index (χ3v) is 5.24. The number of carbonyl (C=O) groups is 1. The molecule has 0 unspecified atom stereocenters. The van der Waals surface area contributed by atoms with Crippen LogP contribution in [0.25, 0.3) is 0 Å². The van der Waals surface area contributed by atoms with Crippen LogP contribution in [0.15, 0.2) is 24.4 Å². The lowest BCUT2D eigenvalue weighted by molar-refractivity contribution is 0.158. The molecule has 0 radical (unpaired) electrons. The lowest BCUT2D eigenvalue weighted by atomic mass is 9.71. The molecule has 2 aliphatic rings. The van der Waals surface area contributed by atoms with Crippen LogP contribution in [0.2, 0.25) is 0 Å². The molecule has 1 aromatic heterocycles. The van der Waals surface area contributed by atoms with Gasteiger partial charge in [0.25, 0.3) is 0 Å². The van der Waals surface area contributed by atoms with Crippen LogP contribution in [0.5, 0.6) is 0 Å². The molecule has 0 spiro atoms. The number of nitrogens with one attached hydrogen (secondary N) is 1. The van der Waals surface area contributed by atoms with Crippen LogP contribution in [-0.2, 0) is 5.41 Å². The Morgan fingerprint density at radius 3 is 2.78 bits per heavy atom. The monoisotopic (exact) mass is 314 g/mol. The van der Waals surface area contributed by atoms with Gasteiger partial charge in [0, 0.05) is 31.4 Å². The number of rotatable bonds is 3. The van der Waals surface area contributed by atoms with Gasteiger partial charge in [0.2, 0.25) is 0 Å². The van der Waals surface area contributed by atoms with Crippen molar-refractivity contribution in [3.63, 3.8) is 0 Å². The van der Waals surface area contributed by atoms with Gasteiger partial charge in [-0.25, -0.2) is 4.79 Å². The maximum absolute atomic E-state index is 10.7. The summed E-state index contributed by atoms with van der Waals surface area (Å²) in [6.07, 6.45) is 5.24. The zero-order valence-corrected chi connectivity index (χ0v) is 13.1. The van der Waals surface area contributed by atoms with Gasteiger partial charge in [-0.2, -0.15) is 5.26 Å². The molecule has 2 N–H and O–H groups in total. The van der Waals surface area contributed by atoms with Gasteiger partial charge in [-0.05, 0) is 44.2 Å². The second-order valence-electron chi connectivity index (χ2n) is 6.57. The van der Waals surface area contributed by atoms with Crippen LogP contribution in [0, 0.1) is 11.3 Å². The van der Waals surface area contributed by atoms with Crippen molar-refractivity contribution < 1.29 is 9.90 Å². The first-order valence-corrected chi connectivity index (χ1v) is 8.19. The molecule has 23 heavy (non-hydrogen) atoms. The first-order valence-electron chi connectivity index (χ1n) is 8.19. The third-order valence-electron chi connectivity index (χ3n) is 5.24. The molecule has 0 aromatic carbocycles. The van der Waals surface area contributed by atoms with Gasteiger partial charge in [-0.1, -0.05) is 6.07 Å². The second kappa shape index (κ2) is 6.55. The predicted octanol–water partition coefficient (Wildman–Crippen LogP) is 2.13. The number of amides is 1. The van der Waals surface area contributed by atoms with Crippen molar-refractivity contribution >= 4 is 6.09 Å². The predicted molar refractivity (Wildman–Crippen MR) is 84.9 cm³/mol. The molecule has 1 aliphatic carbocycles. The third kappa shape index (κ3) is 3.30. The highest BCUT2D eigenvalue weighted by atomic mass is 16.4. The maximum atomic E-state index is 10.7. The first-order chi connectivity index (χ1) is 11.1. The standard InChI is InChI=1S/C17H22N4O2/c18-12-17(15-3-1-2-9-19-15)7-4-14(5-8-17)21-10-6-13(11-21)20-16(22)23/h1-3,9,13-14,20H,4-8,10-11H2,(H,22,23)/t13-,14?,17?/m0/s1. The van der Waals surface area contributed by atoms with Crippen molar-refractivity contribution in [3.8, 4) is 6.07 Å². The van der Waals surface area contributed by atoms with E-state index in [0.29, 0.717) is 6.04 Å². The molecule has 6 heteroatoms. The molecule has 0 bridgehead atoms. The van der Waals surface area contributed by atoms with Gasteiger partial charge in [0.15, 0.2) is 0 Å². The number of hydrogen-bond donors (Lipinski definition) is 2. The Labute approximate surface area is 136 Å². The van der Waals surface area contributed by atoms with Crippen molar-refractivity contribution in [2.24, 2.45) is 0 Å². The Balaban J connectivity index is 1.60. The Hall–Kier alpha value is -2.13. The van der Waals surface area contributed by atoms with Gasteiger partial charge in [-0.15, -0.1) is 0 Å². The largest absolute Gasteiger partial charge is 0.465 e. The van der Waals surface area contributed by atoms with Gasteiger partial charge >= 0.3 is 6.09 Å². The number of nitrogens with zero attached hydrogens (tertiary/aromatic N) is 3. The van der Waals surface area contributed by atoms with Crippen molar-refractivity contribution in [1.29, 1.82) is 5.26 Å². The van der Waals surface area contributed by atoms with E-state index in [0.717, 1.165) is 50.9 Å². The Morgan fingerprint density at radius 2 is 2.17 bits per heavy atom. The van der Waals surface area contributed by atoms with Crippen LogP contribution in [0.4, 0.5) is 4.79 Å². The summed E-state index contributed by atoms with van der Waals surface area (Å²) in [5, 5.41) is 21.1. The van der Waals surface area contributed by atoms with Crippen LogP contribution in [0.3, 0.4) is 0 Å². The average molecular weight is 314 g/mol. The molecule has 3 rings (SSSR count). The van der Waals surface area contributed by atoms with E-state index in [1.54, 1.807) is 6.20 Å². The Morgan fingerprint density at radius 1 is 1.39 bits per heavy atom. The number of pyridine rings is 1. The topological polar surface area (TPSA) is 89.3 Å². The van der Waals surface area contributed by atoms with E-state index in [-0.39, 0.29) is 6.04 Å². The van der Waals surface area contributed by atoms with Crippen molar-refractivity contribution in [3.05, 3.63) is 30.1 Å². The molecule has 122 valence electrons. The smallest absolute Gasteiger partial charge is 0.404 e. The molecule has 1 saturated carbocycles. The minimum absolute atomic E-state index is 0.0333. The van der Waals surface area contributed by atoms with Crippen LogP contribution in [0.1, 0.15) is 37.8 Å². The number of likely N-dealkylation sites (tertiary alicyclic amines) is 1. The highest BCUT2D eigenvalue weighted by molar-refractivity contribution is 5.64. The molecule has 2 fully saturated rings. The number of hydrogen-bond acceptors (Lipinski definition) is 4. The molecule has 1 aliphatic heterocycles. The highest BCUT2D eigenvalue weighted by Crippen LogP contribution is 2.40. The second-order valence-corrected chi connectivity index (χ2v) is 6.57. The molecule has 1 aromatic rings. The van der Waals surface area contributed by atoms with Crippen LogP contribution < -0.4 is 5.32 Å². The molecule has 1 atom stereocenters. The highest BCUT2D eigenvalue weighted by Gasteiger charge is 2.41. The fraction of sp³-hybridized carbons (Fsp3) is 0.588. The van der Waals surface area contributed by atoms with Gasteiger partial charge < -0.3 is 10.4 Å². The summed E-state index contributed by atoms with van der Waals surface area (Å²) in [5.41, 5.74) is 0.420. The summed E-state index contributed by atoms with van der Waals surface area (Å²) in [7, 11) is 0. The minimum atomic E-state index is -0.945. The summed E-state index contributed by atoms with van der Waals surface area (Å²) < 4.78 is 0. The molecule has 1 saturated heterocycles. The van der Waals surface area contributed by atoms with E-state index in [4.69, 9.17) is 5.11 Å².